The Morgan fingerprint density at radius 1 is 0.800 bits per heavy atom. The van der Waals surface area contributed by atoms with Crippen molar-refractivity contribution in [3.05, 3.63) is 12.2 Å². The summed E-state index contributed by atoms with van der Waals surface area (Å²) < 4.78 is 0. The molecule has 6 N–H and O–H groups in total. The zero-order valence-corrected chi connectivity index (χ0v) is 18.8. The maximum atomic E-state index is 9.60. The summed E-state index contributed by atoms with van der Waals surface area (Å²) >= 11 is 0. The first-order chi connectivity index (χ1) is 10.5. The van der Waals surface area contributed by atoms with Crippen molar-refractivity contribution in [3.63, 3.8) is 0 Å². The Bertz CT molecular complexity index is 217. The summed E-state index contributed by atoms with van der Waals surface area (Å²) in [6, 6.07) is 0. The first-order valence-corrected chi connectivity index (χ1v) is 9.06. The third-order valence-corrected chi connectivity index (χ3v) is 3.11. The van der Waals surface area contributed by atoms with Crippen LogP contribution in [0.2, 0.25) is 0 Å². The predicted molar refractivity (Wildman–Crippen MR) is 119 cm³/mol. The van der Waals surface area contributed by atoms with Gasteiger partial charge in [-0.2, -0.15) is 0 Å². The van der Waals surface area contributed by atoms with Crippen LogP contribution in [0.3, 0.4) is 0 Å². The van der Waals surface area contributed by atoms with Crippen LogP contribution in [0.25, 0.3) is 0 Å². The number of hydrogen-bond acceptors (Lipinski definition) is 3. The van der Waals surface area contributed by atoms with Crippen LogP contribution in [0.5, 0.6) is 0 Å². The highest BCUT2D eigenvalue weighted by Crippen LogP contribution is 2.09. The molecule has 0 aromatic carbocycles. The molecule has 0 aliphatic rings. The zero-order valence-electron chi connectivity index (χ0n) is 17.1. The molecule has 0 atom stereocenters. The van der Waals surface area contributed by atoms with Crippen molar-refractivity contribution in [1.29, 1.82) is 0 Å². The van der Waals surface area contributed by atoms with Gasteiger partial charge >= 0.3 is 5.97 Å². The number of carbonyl (C=O) groups is 1. The number of aliphatic carboxylic acids is 1. The Morgan fingerprint density at radius 3 is 1.12 bits per heavy atom. The number of carboxylic acid groups (broad SMARTS) is 1. The summed E-state index contributed by atoms with van der Waals surface area (Å²) in [6.07, 6.45) is 15.5. The van der Waals surface area contributed by atoms with E-state index in [1.54, 1.807) is 0 Å². The van der Waals surface area contributed by atoms with Gasteiger partial charge in [0.25, 0.3) is 0 Å². The van der Waals surface area contributed by atoms with E-state index in [2.05, 4.69) is 27.4 Å². The second-order valence-electron chi connectivity index (χ2n) is 5.70. The molecule has 158 valence electrons. The molecule has 0 saturated carbocycles. The standard InChI is InChI=1S/C12H26.C4H6O2.C3H9N.2ClH.H3N/c1-3-5-7-9-11-12-10-8-6-4-2;1-3(2)4(5)6;1-2-3-4;;;/h3-12H2,1-2H3;1H2,2H3,(H,5,6);2-4H2,1H3;2*1H;1H3. The van der Waals surface area contributed by atoms with Crippen LogP contribution < -0.4 is 11.9 Å². The Balaban J connectivity index is -0.0000000595. The maximum Gasteiger partial charge on any atom is 0.330 e. The highest BCUT2D eigenvalue weighted by molar-refractivity contribution is 5.85. The van der Waals surface area contributed by atoms with E-state index in [9.17, 15) is 4.79 Å². The molecule has 4 nitrogen and oxygen atoms in total. The lowest BCUT2D eigenvalue weighted by Crippen LogP contribution is -1.93. The molecule has 0 radical (unpaired) electrons. The SMILES string of the molecule is C=C(C)C(=O)O.CCCCCCCCCCCC.CCCN.Cl.Cl.N. The minimum absolute atomic E-state index is 0. The fraction of sp³-hybridized carbons (Fsp3) is 0.842. The van der Waals surface area contributed by atoms with Gasteiger partial charge in [-0.1, -0.05) is 91.6 Å². The maximum absolute atomic E-state index is 9.60. The van der Waals surface area contributed by atoms with Gasteiger partial charge < -0.3 is 17.0 Å². The van der Waals surface area contributed by atoms with Crippen LogP contribution in [0, 0.1) is 0 Å². The summed E-state index contributed by atoms with van der Waals surface area (Å²) in [5.41, 5.74) is 5.20. The highest BCUT2D eigenvalue weighted by atomic mass is 35.5. The smallest absolute Gasteiger partial charge is 0.330 e. The van der Waals surface area contributed by atoms with Gasteiger partial charge in [0, 0.05) is 5.57 Å². The molecule has 0 fully saturated rings. The van der Waals surface area contributed by atoms with Gasteiger partial charge in [-0.25, -0.2) is 4.79 Å². The molecule has 0 amide bonds. The molecule has 0 aliphatic heterocycles. The molecule has 0 heterocycles. The number of carboxylic acids is 1. The lowest BCUT2D eigenvalue weighted by atomic mass is 10.1. The first kappa shape index (κ1) is 39.7. The van der Waals surface area contributed by atoms with E-state index in [1.807, 2.05) is 0 Å². The molecule has 25 heavy (non-hydrogen) atoms. The lowest BCUT2D eigenvalue weighted by Gasteiger charge is -1.99. The number of rotatable bonds is 11. The van der Waals surface area contributed by atoms with Gasteiger partial charge in [-0.05, 0) is 19.9 Å². The zero-order chi connectivity index (χ0) is 17.6. The largest absolute Gasteiger partial charge is 0.478 e. The Morgan fingerprint density at radius 2 is 1.00 bits per heavy atom. The van der Waals surface area contributed by atoms with E-state index in [-0.39, 0.29) is 36.5 Å². The third-order valence-electron chi connectivity index (χ3n) is 3.11. The van der Waals surface area contributed by atoms with Gasteiger partial charge in [0.1, 0.15) is 0 Å². The van der Waals surface area contributed by atoms with E-state index in [0.29, 0.717) is 0 Å². The Hall–Kier alpha value is -0.290. The Kier molecular flexibility index (Phi) is 61.9. The van der Waals surface area contributed by atoms with Crippen LogP contribution in [0.1, 0.15) is 98.3 Å². The van der Waals surface area contributed by atoms with E-state index >= 15 is 0 Å². The predicted octanol–water partition coefficient (Wildman–Crippen LogP) is 6.94. The van der Waals surface area contributed by atoms with Gasteiger partial charge in [0.15, 0.2) is 0 Å². The lowest BCUT2D eigenvalue weighted by molar-refractivity contribution is -0.132. The molecular formula is C19H46Cl2N2O2. The third kappa shape index (κ3) is 59.5. The second kappa shape index (κ2) is 39.0. The van der Waals surface area contributed by atoms with E-state index < -0.39 is 5.97 Å². The molecule has 0 spiro atoms. The van der Waals surface area contributed by atoms with Crippen LogP contribution in [0.15, 0.2) is 12.2 Å². The van der Waals surface area contributed by atoms with Crippen molar-refractivity contribution in [2.24, 2.45) is 5.73 Å². The summed E-state index contributed by atoms with van der Waals surface area (Å²) in [5, 5.41) is 7.89. The summed E-state index contributed by atoms with van der Waals surface area (Å²) in [6.45, 7) is 12.0. The fourth-order valence-electron chi connectivity index (χ4n) is 1.56. The quantitative estimate of drug-likeness (QED) is 0.256. The number of halogens is 2. The van der Waals surface area contributed by atoms with Gasteiger partial charge in [-0.15, -0.1) is 24.8 Å². The second-order valence-corrected chi connectivity index (χ2v) is 5.70. The minimum atomic E-state index is -0.935. The number of hydrogen-bond donors (Lipinski definition) is 3. The van der Waals surface area contributed by atoms with Crippen LogP contribution in [-0.4, -0.2) is 17.6 Å². The molecule has 0 aromatic rings. The summed E-state index contributed by atoms with van der Waals surface area (Å²) in [5.74, 6) is -0.935. The molecule has 0 unspecified atom stereocenters. The molecule has 0 bridgehead atoms. The van der Waals surface area contributed by atoms with Crippen molar-refractivity contribution in [2.75, 3.05) is 6.54 Å². The average Bonchev–Trinajstić information content (AvgIpc) is 2.51. The Labute approximate surface area is 169 Å². The fourth-order valence-corrected chi connectivity index (χ4v) is 1.56. The topological polar surface area (TPSA) is 98.3 Å². The van der Waals surface area contributed by atoms with E-state index in [1.165, 1.54) is 71.1 Å². The van der Waals surface area contributed by atoms with Gasteiger partial charge in [0.05, 0.1) is 0 Å². The molecule has 6 heteroatoms. The normalized spacial score (nSPS) is 8.04. The molecule has 0 aromatic heterocycles. The van der Waals surface area contributed by atoms with Crippen molar-refractivity contribution in [3.8, 4) is 0 Å². The molecule has 0 saturated heterocycles. The van der Waals surface area contributed by atoms with E-state index in [0.717, 1.165) is 13.0 Å². The average molecular weight is 405 g/mol. The molecule has 0 aliphatic carbocycles. The summed E-state index contributed by atoms with van der Waals surface area (Å²) in [4.78, 5) is 9.60. The molecular weight excluding hydrogens is 359 g/mol. The first-order valence-electron chi connectivity index (χ1n) is 9.06. The van der Waals surface area contributed by atoms with E-state index in [4.69, 9.17) is 10.8 Å². The number of nitrogens with two attached hydrogens (primary N) is 1. The number of unbranched alkanes of at least 4 members (excludes halogenated alkanes) is 9. The van der Waals surface area contributed by atoms with Crippen molar-refractivity contribution >= 4 is 30.8 Å². The van der Waals surface area contributed by atoms with Crippen molar-refractivity contribution in [2.45, 2.75) is 98.3 Å². The monoisotopic (exact) mass is 404 g/mol. The summed E-state index contributed by atoms with van der Waals surface area (Å²) in [7, 11) is 0. The van der Waals surface area contributed by atoms with Crippen LogP contribution in [0.4, 0.5) is 0 Å². The van der Waals surface area contributed by atoms with Gasteiger partial charge in [0.2, 0.25) is 0 Å². The van der Waals surface area contributed by atoms with Crippen LogP contribution >= 0.6 is 24.8 Å². The minimum Gasteiger partial charge on any atom is -0.478 e. The van der Waals surface area contributed by atoms with Gasteiger partial charge in [-0.3, -0.25) is 0 Å². The molecule has 0 rings (SSSR count). The highest BCUT2D eigenvalue weighted by Gasteiger charge is 1.90. The van der Waals surface area contributed by atoms with Crippen LogP contribution in [-0.2, 0) is 4.79 Å². The van der Waals surface area contributed by atoms with Crippen molar-refractivity contribution < 1.29 is 9.90 Å². The van der Waals surface area contributed by atoms with Crippen molar-refractivity contribution in [1.82, 2.24) is 6.15 Å².